The summed E-state index contributed by atoms with van der Waals surface area (Å²) in [4.78, 5) is 7.02. The van der Waals surface area contributed by atoms with Gasteiger partial charge in [0, 0.05) is 35.9 Å². The van der Waals surface area contributed by atoms with Crippen molar-refractivity contribution in [2.75, 3.05) is 43.6 Å². The van der Waals surface area contributed by atoms with E-state index in [-0.39, 0.29) is 0 Å². The zero-order valence-electron chi connectivity index (χ0n) is 15.2. The van der Waals surface area contributed by atoms with Gasteiger partial charge in [-0.2, -0.15) is 0 Å². The van der Waals surface area contributed by atoms with Gasteiger partial charge in [0.15, 0.2) is 0 Å². The molecule has 1 aliphatic rings. The van der Waals surface area contributed by atoms with E-state index in [4.69, 9.17) is 9.47 Å². The molecule has 0 bridgehead atoms. The first-order valence-electron chi connectivity index (χ1n) is 8.89. The quantitative estimate of drug-likeness (QED) is 0.767. The van der Waals surface area contributed by atoms with Gasteiger partial charge >= 0.3 is 0 Å². The highest BCUT2D eigenvalue weighted by atomic mass is 16.5. The molecule has 4 rings (SSSR count). The Kier molecular flexibility index (Phi) is 4.63. The van der Waals surface area contributed by atoms with Gasteiger partial charge in [0.05, 0.1) is 37.2 Å². The van der Waals surface area contributed by atoms with Gasteiger partial charge in [0.1, 0.15) is 5.75 Å². The molecule has 1 N–H and O–H groups in total. The molecule has 0 amide bonds. The molecule has 2 aromatic carbocycles. The zero-order chi connectivity index (χ0) is 17.9. The second kappa shape index (κ2) is 7.22. The second-order valence-corrected chi connectivity index (χ2v) is 6.44. The largest absolute Gasteiger partial charge is 0.497 e. The van der Waals surface area contributed by atoms with Gasteiger partial charge in [0.25, 0.3) is 0 Å². The number of benzene rings is 2. The van der Waals surface area contributed by atoms with Crippen LogP contribution in [-0.2, 0) is 4.74 Å². The van der Waals surface area contributed by atoms with Crippen LogP contribution in [0.2, 0.25) is 0 Å². The topological polar surface area (TPSA) is 46.6 Å². The van der Waals surface area contributed by atoms with Gasteiger partial charge in [-0.15, -0.1) is 0 Å². The van der Waals surface area contributed by atoms with E-state index in [2.05, 4.69) is 51.6 Å². The highest BCUT2D eigenvalue weighted by Crippen LogP contribution is 2.33. The molecule has 0 unspecified atom stereocenters. The molecule has 5 heteroatoms. The highest BCUT2D eigenvalue weighted by Gasteiger charge is 2.15. The Morgan fingerprint density at radius 2 is 1.85 bits per heavy atom. The minimum absolute atomic E-state index is 0.769. The molecule has 0 saturated carbocycles. The number of nitrogens with zero attached hydrogens (tertiary/aromatic N) is 2. The van der Waals surface area contributed by atoms with Crippen molar-refractivity contribution in [1.29, 1.82) is 0 Å². The smallest absolute Gasteiger partial charge is 0.121 e. The maximum atomic E-state index is 5.49. The van der Waals surface area contributed by atoms with E-state index in [1.165, 1.54) is 5.69 Å². The van der Waals surface area contributed by atoms with Crippen molar-refractivity contribution in [2.24, 2.45) is 0 Å². The summed E-state index contributed by atoms with van der Waals surface area (Å²) < 4.78 is 10.8. The van der Waals surface area contributed by atoms with Crippen LogP contribution in [0.5, 0.6) is 5.75 Å². The number of ether oxygens (including phenoxy) is 2. The van der Waals surface area contributed by atoms with E-state index in [0.29, 0.717) is 0 Å². The van der Waals surface area contributed by atoms with E-state index >= 15 is 0 Å². The van der Waals surface area contributed by atoms with Crippen molar-refractivity contribution in [2.45, 2.75) is 6.92 Å². The number of para-hydroxylation sites is 2. The number of anilines is 3. The van der Waals surface area contributed by atoms with Crippen LogP contribution in [0, 0.1) is 6.92 Å². The number of aryl methyl sites for hydroxylation is 1. The van der Waals surface area contributed by atoms with Crippen molar-refractivity contribution in [3.63, 3.8) is 0 Å². The molecule has 0 aliphatic carbocycles. The molecule has 1 aromatic heterocycles. The molecule has 134 valence electrons. The number of morpholine rings is 1. The van der Waals surface area contributed by atoms with E-state index in [1.54, 1.807) is 7.11 Å². The maximum absolute atomic E-state index is 5.49. The highest BCUT2D eigenvalue weighted by molar-refractivity contribution is 5.95. The fraction of sp³-hybridized carbons (Fsp3) is 0.286. The fourth-order valence-corrected chi connectivity index (χ4v) is 3.38. The summed E-state index contributed by atoms with van der Waals surface area (Å²) in [6.45, 7) is 5.37. The Morgan fingerprint density at radius 1 is 1.04 bits per heavy atom. The van der Waals surface area contributed by atoms with Crippen LogP contribution in [0.4, 0.5) is 17.1 Å². The van der Waals surface area contributed by atoms with Gasteiger partial charge in [-0.05, 0) is 37.3 Å². The van der Waals surface area contributed by atoms with E-state index in [1.807, 2.05) is 19.1 Å². The predicted molar refractivity (Wildman–Crippen MR) is 106 cm³/mol. The van der Waals surface area contributed by atoms with Crippen LogP contribution in [0.1, 0.15) is 5.69 Å². The molecule has 1 fully saturated rings. The molecule has 0 atom stereocenters. The Bertz CT molecular complexity index is 920. The Hall–Kier alpha value is -2.79. The zero-order valence-corrected chi connectivity index (χ0v) is 15.2. The lowest BCUT2D eigenvalue weighted by atomic mass is 10.1. The predicted octanol–water partition coefficient (Wildman–Crippen LogP) is 4.13. The summed E-state index contributed by atoms with van der Waals surface area (Å²) in [6.07, 6.45) is 0. The third kappa shape index (κ3) is 3.30. The monoisotopic (exact) mass is 349 g/mol. The van der Waals surface area contributed by atoms with Crippen LogP contribution in [0.3, 0.4) is 0 Å². The van der Waals surface area contributed by atoms with Crippen molar-refractivity contribution >= 4 is 28.0 Å². The number of rotatable bonds is 4. The number of aromatic nitrogens is 1. The van der Waals surface area contributed by atoms with Gasteiger partial charge in [-0.1, -0.05) is 12.1 Å². The van der Waals surface area contributed by atoms with Crippen molar-refractivity contribution in [1.82, 2.24) is 4.98 Å². The van der Waals surface area contributed by atoms with Crippen LogP contribution >= 0.6 is 0 Å². The molecule has 5 nitrogen and oxygen atoms in total. The third-order valence-electron chi connectivity index (χ3n) is 4.67. The molecular formula is C21H23N3O2. The number of methoxy groups -OCH3 is 1. The normalized spacial score (nSPS) is 14.5. The third-order valence-corrected chi connectivity index (χ3v) is 4.67. The molecular weight excluding hydrogens is 326 g/mol. The Balaban J connectivity index is 1.74. The molecule has 3 aromatic rings. The van der Waals surface area contributed by atoms with Gasteiger partial charge in [-0.3, -0.25) is 4.98 Å². The standard InChI is InChI=1S/C21H23N3O2/c1-15-13-19(17-8-7-16(25-2)14-20(17)22-15)23-18-5-3-4-6-21(18)24-9-11-26-12-10-24/h3-8,13-14H,9-12H2,1-2H3,(H,22,23). The fourth-order valence-electron chi connectivity index (χ4n) is 3.38. The summed E-state index contributed by atoms with van der Waals surface area (Å²) in [6, 6.07) is 16.5. The molecule has 0 radical (unpaired) electrons. The average molecular weight is 349 g/mol. The maximum Gasteiger partial charge on any atom is 0.121 e. The van der Waals surface area contributed by atoms with Crippen LogP contribution in [0.15, 0.2) is 48.5 Å². The summed E-state index contributed by atoms with van der Waals surface area (Å²) in [5.41, 5.74) is 5.24. The second-order valence-electron chi connectivity index (χ2n) is 6.44. The van der Waals surface area contributed by atoms with Gasteiger partial charge < -0.3 is 19.7 Å². The first-order chi connectivity index (χ1) is 12.7. The van der Waals surface area contributed by atoms with Crippen LogP contribution < -0.4 is 15.0 Å². The van der Waals surface area contributed by atoms with Gasteiger partial charge in [0.2, 0.25) is 0 Å². The first-order valence-corrected chi connectivity index (χ1v) is 8.89. The lowest BCUT2D eigenvalue weighted by molar-refractivity contribution is 0.123. The van der Waals surface area contributed by atoms with E-state index in [0.717, 1.165) is 60.0 Å². The molecule has 1 aliphatic heterocycles. The summed E-state index contributed by atoms with van der Waals surface area (Å²) in [5.74, 6) is 0.815. The number of nitrogens with one attached hydrogen (secondary N) is 1. The van der Waals surface area contributed by atoms with E-state index in [9.17, 15) is 0 Å². The Labute approximate surface area is 153 Å². The minimum Gasteiger partial charge on any atom is -0.497 e. The average Bonchev–Trinajstić information content (AvgIpc) is 2.68. The van der Waals surface area contributed by atoms with Crippen molar-refractivity contribution in [3.8, 4) is 5.75 Å². The molecule has 2 heterocycles. The summed E-state index contributed by atoms with van der Waals surface area (Å²) in [5, 5.41) is 4.70. The summed E-state index contributed by atoms with van der Waals surface area (Å²) in [7, 11) is 1.68. The number of hydrogen-bond acceptors (Lipinski definition) is 5. The van der Waals surface area contributed by atoms with Crippen LogP contribution in [0.25, 0.3) is 10.9 Å². The SMILES string of the molecule is COc1ccc2c(Nc3ccccc3N3CCOCC3)cc(C)nc2c1. The number of hydrogen-bond donors (Lipinski definition) is 1. The van der Waals surface area contributed by atoms with Crippen molar-refractivity contribution in [3.05, 3.63) is 54.2 Å². The van der Waals surface area contributed by atoms with Crippen LogP contribution in [-0.4, -0.2) is 38.4 Å². The summed E-state index contributed by atoms with van der Waals surface area (Å²) >= 11 is 0. The number of fused-ring (bicyclic) bond motifs is 1. The van der Waals surface area contributed by atoms with E-state index < -0.39 is 0 Å². The lowest BCUT2D eigenvalue weighted by Crippen LogP contribution is -2.36. The first kappa shape index (κ1) is 16.7. The molecule has 26 heavy (non-hydrogen) atoms. The molecule has 1 saturated heterocycles. The Morgan fingerprint density at radius 3 is 2.65 bits per heavy atom. The lowest BCUT2D eigenvalue weighted by Gasteiger charge is -2.30. The molecule has 0 spiro atoms. The number of pyridine rings is 1. The minimum atomic E-state index is 0.769. The van der Waals surface area contributed by atoms with Gasteiger partial charge in [-0.25, -0.2) is 0 Å². The van der Waals surface area contributed by atoms with Crippen molar-refractivity contribution < 1.29 is 9.47 Å².